The van der Waals surface area contributed by atoms with E-state index >= 15 is 0 Å². The van der Waals surface area contributed by atoms with Gasteiger partial charge < -0.3 is 10.0 Å². The van der Waals surface area contributed by atoms with E-state index < -0.39 is 6.10 Å². The van der Waals surface area contributed by atoms with E-state index in [1.807, 2.05) is 40.6 Å². The van der Waals surface area contributed by atoms with E-state index in [1.54, 1.807) is 11.3 Å². The van der Waals surface area contributed by atoms with Gasteiger partial charge in [-0.1, -0.05) is 6.07 Å². The van der Waals surface area contributed by atoms with Crippen LogP contribution in [-0.2, 0) is 0 Å². The summed E-state index contributed by atoms with van der Waals surface area (Å²) in [4.78, 5) is 17.8. The molecule has 1 aromatic carbocycles. The van der Waals surface area contributed by atoms with Crippen molar-refractivity contribution in [2.75, 3.05) is 32.7 Å². The molecule has 1 amide bonds. The third kappa shape index (κ3) is 3.57. The van der Waals surface area contributed by atoms with E-state index in [2.05, 4.69) is 13.6 Å². The standard InChI is InChI=1S/C17H18N4O2S2/c22-15(16-2-1-9-24-16)11-20-5-7-21(8-6-20)17(23)12-3-4-13-14(10-12)19-25-18-13/h1-4,9-10,15,22H,5-8,11H2. The van der Waals surface area contributed by atoms with Crippen LogP contribution in [-0.4, -0.2) is 62.3 Å². The number of nitrogens with zero attached hydrogens (tertiary/aromatic N) is 4. The number of amides is 1. The third-order valence-corrected chi connectivity index (χ3v) is 5.99. The van der Waals surface area contributed by atoms with E-state index in [1.165, 1.54) is 0 Å². The van der Waals surface area contributed by atoms with E-state index in [9.17, 15) is 9.90 Å². The molecule has 8 heteroatoms. The molecule has 0 bridgehead atoms. The number of aliphatic hydroxyl groups is 1. The summed E-state index contributed by atoms with van der Waals surface area (Å²) in [7, 11) is 0. The molecule has 1 atom stereocenters. The van der Waals surface area contributed by atoms with Crippen molar-refractivity contribution >= 4 is 40.0 Å². The van der Waals surface area contributed by atoms with Gasteiger partial charge >= 0.3 is 0 Å². The van der Waals surface area contributed by atoms with Crippen molar-refractivity contribution in [1.29, 1.82) is 0 Å². The fourth-order valence-electron chi connectivity index (χ4n) is 3.05. The van der Waals surface area contributed by atoms with Crippen LogP contribution in [0.25, 0.3) is 11.0 Å². The highest BCUT2D eigenvalue weighted by Gasteiger charge is 2.24. The zero-order valence-corrected chi connectivity index (χ0v) is 15.2. The van der Waals surface area contributed by atoms with Crippen LogP contribution >= 0.6 is 23.1 Å². The van der Waals surface area contributed by atoms with Crippen LogP contribution in [0.5, 0.6) is 0 Å². The maximum atomic E-state index is 12.7. The Morgan fingerprint density at radius 2 is 1.96 bits per heavy atom. The molecule has 1 aliphatic heterocycles. The average Bonchev–Trinajstić information content (AvgIpc) is 3.32. The Morgan fingerprint density at radius 1 is 1.16 bits per heavy atom. The molecule has 0 aliphatic carbocycles. The molecule has 1 aliphatic rings. The molecule has 4 rings (SSSR count). The Balaban J connectivity index is 1.35. The van der Waals surface area contributed by atoms with Gasteiger partial charge in [-0.25, -0.2) is 0 Å². The highest BCUT2D eigenvalue weighted by molar-refractivity contribution is 7.10. The molecular formula is C17H18N4O2S2. The van der Waals surface area contributed by atoms with Crippen LogP contribution in [0.2, 0.25) is 0 Å². The Morgan fingerprint density at radius 3 is 2.72 bits per heavy atom. The lowest BCUT2D eigenvalue weighted by Gasteiger charge is -2.35. The van der Waals surface area contributed by atoms with Gasteiger partial charge in [0.15, 0.2) is 0 Å². The first-order valence-electron chi connectivity index (χ1n) is 8.16. The van der Waals surface area contributed by atoms with Crippen LogP contribution < -0.4 is 0 Å². The number of carbonyl (C=O) groups is 1. The monoisotopic (exact) mass is 374 g/mol. The van der Waals surface area contributed by atoms with Gasteiger partial charge in [0, 0.05) is 43.2 Å². The number of hydrogen-bond donors (Lipinski definition) is 1. The van der Waals surface area contributed by atoms with Gasteiger partial charge in [-0.3, -0.25) is 9.69 Å². The van der Waals surface area contributed by atoms with Gasteiger partial charge in [0.05, 0.1) is 11.7 Å². The molecule has 0 spiro atoms. The number of aliphatic hydroxyl groups excluding tert-OH is 1. The molecule has 0 saturated carbocycles. The maximum absolute atomic E-state index is 12.7. The van der Waals surface area contributed by atoms with Gasteiger partial charge in [-0.05, 0) is 29.6 Å². The summed E-state index contributed by atoms with van der Waals surface area (Å²) < 4.78 is 8.37. The Bertz CT molecular complexity index is 857. The van der Waals surface area contributed by atoms with Crippen molar-refractivity contribution in [2.24, 2.45) is 0 Å². The molecule has 3 heterocycles. The van der Waals surface area contributed by atoms with Crippen LogP contribution in [0.3, 0.4) is 0 Å². The number of rotatable bonds is 4. The summed E-state index contributed by atoms with van der Waals surface area (Å²) in [6.45, 7) is 3.50. The van der Waals surface area contributed by atoms with Gasteiger partial charge in [0.1, 0.15) is 17.1 Å². The van der Waals surface area contributed by atoms with Gasteiger partial charge in [-0.2, -0.15) is 8.75 Å². The zero-order valence-electron chi connectivity index (χ0n) is 13.5. The topological polar surface area (TPSA) is 69.6 Å². The SMILES string of the molecule is O=C(c1ccc2nsnc2c1)N1CCN(CC(O)c2cccs2)CC1. The van der Waals surface area contributed by atoms with Crippen molar-refractivity contribution in [3.05, 3.63) is 46.2 Å². The van der Waals surface area contributed by atoms with Gasteiger partial charge in [0.25, 0.3) is 5.91 Å². The first-order valence-corrected chi connectivity index (χ1v) is 9.77. The molecular weight excluding hydrogens is 356 g/mol. The third-order valence-electron chi connectivity index (χ3n) is 4.46. The fraction of sp³-hybridized carbons (Fsp3) is 0.353. The highest BCUT2D eigenvalue weighted by Crippen LogP contribution is 2.21. The lowest BCUT2D eigenvalue weighted by Crippen LogP contribution is -2.49. The number of hydrogen-bond acceptors (Lipinski definition) is 7. The normalized spacial score (nSPS) is 17.1. The van der Waals surface area contributed by atoms with Crippen molar-refractivity contribution in [3.63, 3.8) is 0 Å². The molecule has 2 aromatic heterocycles. The lowest BCUT2D eigenvalue weighted by atomic mass is 10.1. The van der Waals surface area contributed by atoms with Crippen molar-refractivity contribution in [2.45, 2.75) is 6.10 Å². The van der Waals surface area contributed by atoms with E-state index in [0.717, 1.165) is 40.7 Å². The molecule has 1 N–H and O–H groups in total. The van der Waals surface area contributed by atoms with Crippen molar-refractivity contribution < 1.29 is 9.90 Å². The predicted octanol–water partition coefficient (Wildman–Crippen LogP) is 2.24. The highest BCUT2D eigenvalue weighted by atomic mass is 32.1. The van der Waals surface area contributed by atoms with Gasteiger partial charge in [-0.15, -0.1) is 11.3 Å². The smallest absolute Gasteiger partial charge is 0.254 e. The Labute approximate surface area is 153 Å². The minimum atomic E-state index is -0.457. The second-order valence-electron chi connectivity index (χ2n) is 6.09. The molecule has 130 valence electrons. The fourth-order valence-corrected chi connectivity index (χ4v) is 4.27. The summed E-state index contributed by atoms with van der Waals surface area (Å²) in [6, 6.07) is 9.39. The molecule has 1 fully saturated rings. The van der Waals surface area contributed by atoms with Crippen molar-refractivity contribution in [3.8, 4) is 0 Å². The Hall–Kier alpha value is -1.87. The summed E-state index contributed by atoms with van der Waals surface area (Å²) in [5.41, 5.74) is 2.26. The largest absolute Gasteiger partial charge is 0.386 e. The average molecular weight is 374 g/mol. The van der Waals surface area contributed by atoms with E-state index in [4.69, 9.17) is 0 Å². The van der Waals surface area contributed by atoms with Crippen LogP contribution in [0.1, 0.15) is 21.3 Å². The second kappa shape index (κ2) is 7.17. The lowest BCUT2D eigenvalue weighted by molar-refractivity contribution is 0.0533. The van der Waals surface area contributed by atoms with E-state index in [0.29, 0.717) is 25.2 Å². The molecule has 0 radical (unpaired) electrons. The summed E-state index contributed by atoms with van der Waals surface area (Å²) in [5, 5.41) is 12.2. The quantitative estimate of drug-likeness (QED) is 0.758. The van der Waals surface area contributed by atoms with Crippen LogP contribution in [0.4, 0.5) is 0 Å². The van der Waals surface area contributed by atoms with Crippen LogP contribution in [0.15, 0.2) is 35.7 Å². The van der Waals surface area contributed by atoms with E-state index in [-0.39, 0.29) is 5.91 Å². The summed E-state index contributed by atoms with van der Waals surface area (Å²) in [6.07, 6.45) is -0.457. The number of benzene rings is 1. The molecule has 1 unspecified atom stereocenters. The van der Waals surface area contributed by atoms with Gasteiger partial charge in [0.2, 0.25) is 0 Å². The second-order valence-corrected chi connectivity index (χ2v) is 7.60. The number of thiophene rings is 1. The summed E-state index contributed by atoms with van der Waals surface area (Å²) >= 11 is 2.73. The first kappa shape index (κ1) is 16.6. The van der Waals surface area contributed by atoms with Crippen molar-refractivity contribution in [1.82, 2.24) is 18.5 Å². The predicted molar refractivity (Wildman–Crippen MR) is 99.0 cm³/mol. The molecule has 1 saturated heterocycles. The zero-order chi connectivity index (χ0) is 17.2. The summed E-state index contributed by atoms with van der Waals surface area (Å²) in [5.74, 6) is 0.0355. The minimum Gasteiger partial charge on any atom is -0.386 e. The van der Waals surface area contributed by atoms with Crippen LogP contribution in [0, 0.1) is 0 Å². The maximum Gasteiger partial charge on any atom is 0.254 e. The number of fused-ring (bicyclic) bond motifs is 1. The molecule has 6 nitrogen and oxygen atoms in total. The Kier molecular flexibility index (Phi) is 4.76. The minimum absolute atomic E-state index is 0.0355. The number of aromatic nitrogens is 2. The number of carbonyl (C=O) groups excluding carboxylic acids is 1. The first-order chi connectivity index (χ1) is 12.2. The number of piperazine rings is 1. The number of β-amino-alcohol motifs (C(OH)–C–C–N with tert-alkyl or cyclic N) is 1. The molecule has 25 heavy (non-hydrogen) atoms. The molecule has 3 aromatic rings.